The highest BCUT2D eigenvalue weighted by Gasteiger charge is 2.28. The van der Waals surface area contributed by atoms with E-state index in [1.165, 1.54) is 6.07 Å². The zero-order valence-corrected chi connectivity index (χ0v) is 13.0. The number of halogens is 1. The van der Waals surface area contributed by atoms with Crippen LogP contribution in [-0.4, -0.2) is 44.1 Å². The van der Waals surface area contributed by atoms with Crippen LogP contribution in [0.4, 0.5) is 4.39 Å². The molecule has 1 aromatic rings. The van der Waals surface area contributed by atoms with Crippen molar-refractivity contribution in [1.82, 2.24) is 9.62 Å². The maximum atomic E-state index is 13.3. The van der Waals surface area contributed by atoms with Crippen LogP contribution in [0.2, 0.25) is 0 Å². The molecule has 1 aliphatic heterocycles. The number of piperidine rings is 1. The lowest BCUT2D eigenvalue weighted by molar-refractivity contribution is 0.178. The standard InChI is InChI=1S/C14H21FN2O3S/c1-10-7-13(5-6-17(10)2)16-21(19,20)14-8-12(15)4-3-11(14)9-18/h3-4,8,10,13,16,18H,5-7,9H2,1-2H3. The van der Waals surface area contributed by atoms with E-state index in [2.05, 4.69) is 9.62 Å². The predicted molar refractivity (Wildman–Crippen MR) is 77.8 cm³/mol. The van der Waals surface area contributed by atoms with Crippen molar-refractivity contribution in [3.63, 3.8) is 0 Å². The van der Waals surface area contributed by atoms with Gasteiger partial charge in [-0.1, -0.05) is 6.07 Å². The Labute approximate surface area is 124 Å². The molecule has 0 bridgehead atoms. The number of benzene rings is 1. The van der Waals surface area contributed by atoms with Gasteiger partial charge in [-0.3, -0.25) is 0 Å². The molecule has 2 rings (SSSR count). The van der Waals surface area contributed by atoms with Crippen molar-refractivity contribution in [2.75, 3.05) is 13.6 Å². The molecule has 0 spiro atoms. The van der Waals surface area contributed by atoms with Gasteiger partial charge in [-0.05, 0) is 51.1 Å². The summed E-state index contributed by atoms with van der Waals surface area (Å²) in [5.74, 6) is -0.635. The average Bonchev–Trinajstić information content (AvgIpc) is 2.42. The van der Waals surface area contributed by atoms with E-state index in [9.17, 15) is 17.9 Å². The Bertz CT molecular complexity index is 606. The van der Waals surface area contributed by atoms with Gasteiger partial charge in [-0.2, -0.15) is 0 Å². The molecule has 118 valence electrons. The van der Waals surface area contributed by atoms with E-state index in [1.54, 1.807) is 0 Å². The Balaban J connectivity index is 2.21. The van der Waals surface area contributed by atoms with Gasteiger partial charge in [0.15, 0.2) is 0 Å². The molecule has 1 aromatic carbocycles. The molecule has 0 radical (unpaired) electrons. The monoisotopic (exact) mass is 316 g/mol. The Morgan fingerprint density at radius 3 is 2.81 bits per heavy atom. The minimum Gasteiger partial charge on any atom is -0.392 e. The SMILES string of the molecule is CC1CC(NS(=O)(=O)c2cc(F)ccc2CO)CCN1C. The van der Waals surface area contributed by atoms with Gasteiger partial charge in [0.25, 0.3) is 0 Å². The van der Waals surface area contributed by atoms with Crippen molar-refractivity contribution >= 4 is 10.0 Å². The fraction of sp³-hybridized carbons (Fsp3) is 0.571. The van der Waals surface area contributed by atoms with Crippen LogP contribution in [0, 0.1) is 5.82 Å². The highest BCUT2D eigenvalue weighted by atomic mass is 32.2. The molecule has 1 aliphatic rings. The molecular weight excluding hydrogens is 295 g/mol. The lowest BCUT2D eigenvalue weighted by Crippen LogP contribution is -2.47. The lowest BCUT2D eigenvalue weighted by atomic mass is 10.0. The summed E-state index contributed by atoms with van der Waals surface area (Å²) in [6.45, 7) is 2.41. The van der Waals surface area contributed by atoms with Crippen LogP contribution in [0.15, 0.2) is 23.1 Å². The van der Waals surface area contributed by atoms with Gasteiger partial charge >= 0.3 is 0 Å². The molecule has 1 fully saturated rings. The van der Waals surface area contributed by atoms with E-state index in [4.69, 9.17) is 0 Å². The van der Waals surface area contributed by atoms with Crippen LogP contribution in [0.3, 0.4) is 0 Å². The predicted octanol–water partition coefficient (Wildman–Crippen LogP) is 1.08. The van der Waals surface area contributed by atoms with Crippen LogP contribution in [0.1, 0.15) is 25.3 Å². The Morgan fingerprint density at radius 1 is 1.48 bits per heavy atom. The number of likely N-dealkylation sites (tertiary alicyclic amines) is 1. The molecule has 5 nitrogen and oxygen atoms in total. The first-order chi connectivity index (χ1) is 9.83. The summed E-state index contributed by atoms with van der Waals surface area (Å²) in [6.07, 6.45) is 1.42. The summed E-state index contributed by atoms with van der Waals surface area (Å²) in [5, 5.41) is 9.23. The molecule has 0 saturated carbocycles. The molecule has 0 aromatic heterocycles. The Morgan fingerprint density at radius 2 is 2.19 bits per heavy atom. The number of rotatable bonds is 4. The normalized spacial score (nSPS) is 24.2. The molecule has 21 heavy (non-hydrogen) atoms. The third-order valence-corrected chi connectivity index (χ3v) is 5.62. The molecule has 1 heterocycles. The fourth-order valence-electron chi connectivity index (χ4n) is 2.59. The molecule has 0 amide bonds. The number of hydrogen-bond acceptors (Lipinski definition) is 4. The second kappa shape index (κ2) is 6.39. The maximum absolute atomic E-state index is 13.3. The highest BCUT2D eigenvalue weighted by Crippen LogP contribution is 2.21. The molecule has 2 N–H and O–H groups in total. The van der Waals surface area contributed by atoms with Crippen LogP contribution in [-0.2, 0) is 16.6 Å². The first-order valence-electron chi connectivity index (χ1n) is 6.95. The van der Waals surface area contributed by atoms with E-state index in [1.807, 2.05) is 14.0 Å². The molecule has 2 unspecified atom stereocenters. The Kier molecular flexibility index (Phi) is 4.98. The Hall–Kier alpha value is -1.02. The van der Waals surface area contributed by atoms with E-state index >= 15 is 0 Å². The topological polar surface area (TPSA) is 69.6 Å². The van der Waals surface area contributed by atoms with Crippen LogP contribution < -0.4 is 4.72 Å². The second-order valence-electron chi connectivity index (χ2n) is 5.58. The van der Waals surface area contributed by atoms with Crippen molar-refractivity contribution in [3.05, 3.63) is 29.6 Å². The smallest absolute Gasteiger partial charge is 0.241 e. The van der Waals surface area contributed by atoms with Gasteiger partial charge < -0.3 is 10.0 Å². The quantitative estimate of drug-likeness (QED) is 0.872. The van der Waals surface area contributed by atoms with E-state index in [0.717, 1.165) is 18.7 Å². The third kappa shape index (κ3) is 3.79. The maximum Gasteiger partial charge on any atom is 0.241 e. The summed E-state index contributed by atoms with van der Waals surface area (Å²) in [5.41, 5.74) is 0.199. The number of nitrogens with one attached hydrogen (secondary N) is 1. The number of nitrogens with zero attached hydrogens (tertiary/aromatic N) is 1. The van der Waals surface area contributed by atoms with Crippen LogP contribution >= 0.6 is 0 Å². The third-order valence-electron chi connectivity index (χ3n) is 4.02. The van der Waals surface area contributed by atoms with Gasteiger partial charge in [0, 0.05) is 12.1 Å². The summed E-state index contributed by atoms with van der Waals surface area (Å²) in [7, 11) is -1.83. The molecule has 0 aliphatic carbocycles. The van der Waals surface area contributed by atoms with Gasteiger partial charge in [-0.25, -0.2) is 17.5 Å². The summed E-state index contributed by atoms with van der Waals surface area (Å²) >= 11 is 0. The number of sulfonamides is 1. The summed E-state index contributed by atoms with van der Waals surface area (Å²) < 4.78 is 40.8. The van der Waals surface area contributed by atoms with Gasteiger partial charge in [-0.15, -0.1) is 0 Å². The van der Waals surface area contributed by atoms with Crippen molar-refractivity contribution in [3.8, 4) is 0 Å². The van der Waals surface area contributed by atoms with Gasteiger partial charge in [0.1, 0.15) is 5.82 Å². The van der Waals surface area contributed by atoms with Crippen LogP contribution in [0.25, 0.3) is 0 Å². The number of hydrogen-bond donors (Lipinski definition) is 2. The minimum absolute atomic E-state index is 0.170. The zero-order valence-electron chi connectivity index (χ0n) is 12.2. The highest BCUT2D eigenvalue weighted by molar-refractivity contribution is 7.89. The molecule has 1 saturated heterocycles. The largest absolute Gasteiger partial charge is 0.392 e. The fourth-order valence-corrected chi connectivity index (χ4v) is 4.11. The zero-order chi connectivity index (χ0) is 15.6. The summed E-state index contributed by atoms with van der Waals surface area (Å²) in [6, 6.07) is 3.50. The first-order valence-corrected chi connectivity index (χ1v) is 8.43. The van der Waals surface area contributed by atoms with Crippen molar-refractivity contribution in [2.24, 2.45) is 0 Å². The number of aliphatic hydroxyl groups is 1. The minimum atomic E-state index is -3.83. The molecule has 2 atom stereocenters. The van der Waals surface area contributed by atoms with Crippen molar-refractivity contribution in [2.45, 2.75) is 43.4 Å². The van der Waals surface area contributed by atoms with Crippen molar-refractivity contribution in [1.29, 1.82) is 0 Å². The summed E-state index contributed by atoms with van der Waals surface area (Å²) in [4.78, 5) is 1.99. The number of aliphatic hydroxyl groups excluding tert-OH is 1. The van der Waals surface area contributed by atoms with Gasteiger partial charge in [0.2, 0.25) is 10.0 Å². The average molecular weight is 316 g/mol. The molecular formula is C14H21FN2O3S. The van der Waals surface area contributed by atoms with E-state index < -0.39 is 22.4 Å². The lowest BCUT2D eigenvalue weighted by Gasteiger charge is -2.35. The van der Waals surface area contributed by atoms with E-state index in [-0.39, 0.29) is 22.5 Å². The van der Waals surface area contributed by atoms with Gasteiger partial charge in [0.05, 0.1) is 11.5 Å². The molecule has 7 heteroatoms. The van der Waals surface area contributed by atoms with E-state index in [0.29, 0.717) is 12.8 Å². The second-order valence-corrected chi connectivity index (χ2v) is 7.26. The van der Waals surface area contributed by atoms with Crippen molar-refractivity contribution < 1.29 is 17.9 Å². The first kappa shape index (κ1) is 16.4. The van der Waals surface area contributed by atoms with Crippen LogP contribution in [0.5, 0.6) is 0 Å².